The van der Waals surface area contributed by atoms with Crippen LogP contribution in [0.4, 0.5) is 5.82 Å². The third-order valence-electron chi connectivity index (χ3n) is 3.92. The molecule has 2 heterocycles. The molecule has 0 N–H and O–H groups in total. The molecule has 0 amide bonds. The minimum absolute atomic E-state index is 0.728. The number of nitrogens with zero attached hydrogens (tertiary/aromatic N) is 3. The molecule has 22 heavy (non-hydrogen) atoms. The highest BCUT2D eigenvalue weighted by atomic mass is 14.9. The van der Waals surface area contributed by atoms with Crippen molar-refractivity contribution in [1.29, 1.82) is 0 Å². The lowest BCUT2D eigenvalue weighted by atomic mass is 10.1. The van der Waals surface area contributed by atoms with Crippen LogP contribution < -0.4 is 5.36 Å². The number of fused-ring (bicyclic) bond motifs is 2. The first-order valence-corrected chi connectivity index (χ1v) is 7.27. The quantitative estimate of drug-likeness (QED) is 0.487. The van der Waals surface area contributed by atoms with Gasteiger partial charge in [0.05, 0.1) is 16.4 Å². The van der Waals surface area contributed by atoms with Gasteiger partial charge in [0.25, 0.3) is 0 Å². The van der Waals surface area contributed by atoms with Crippen LogP contribution in [0.15, 0.2) is 77.9 Å². The predicted molar refractivity (Wildman–Crippen MR) is 89.9 cm³/mol. The summed E-state index contributed by atoms with van der Waals surface area (Å²) < 4.78 is 2.21. The van der Waals surface area contributed by atoms with Gasteiger partial charge in [0, 0.05) is 24.0 Å². The van der Waals surface area contributed by atoms with Gasteiger partial charge in [0.15, 0.2) is 5.82 Å². The van der Waals surface area contributed by atoms with Crippen LogP contribution in [0.2, 0.25) is 0 Å². The van der Waals surface area contributed by atoms with Crippen molar-refractivity contribution in [2.45, 2.75) is 0 Å². The topological polar surface area (TPSA) is 30.2 Å². The first-order chi connectivity index (χ1) is 10.8. The molecule has 4 rings (SSSR count). The molecule has 0 fully saturated rings. The van der Waals surface area contributed by atoms with Crippen LogP contribution in [-0.4, -0.2) is 9.55 Å². The number of benzene rings is 2. The van der Waals surface area contributed by atoms with E-state index in [0.29, 0.717) is 0 Å². The maximum Gasteiger partial charge on any atom is 0.152 e. The van der Waals surface area contributed by atoms with E-state index in [1.54, 1.807) is 6.20 Å². The van der Waals surface area contributed by atoms with Gasteiger partial charge in [-0.15, -0.1) is 0 Å². The second kappa shape index (κ2) is 5.11. The number of aryl methyl sites for hydroxylation is 1. The average molecular weight is 285 g/mol. The van der Waals surface area contributed by atoms with Gasteiger partial charge >= 0.3 is 0 Å². The Balaban J connectivity index is 2.24. The van der Waals surface area contributed by atoms with E-state index in [4.69, 9.17) is 4.99 Å². The van der Waals surface area contributed by atoms with Crippen LogP contribution in [0.5, 0.6) is 0 Å². The van der Waals surface area contributed by atoms with Crippen LogP contribution in [0.1, 0.15) is 0 Å². The normalized spacial score (nSPS) is 11.0. The molecule has 0 unspecified atom stereocenters. The summed E-state index contributed by atoms with van der Waals surface area (Å²) in [6.45, 7) is 0. The molecule has 0 aliphatic heterocycles. The number of aromatic nitrogens is 2. The van der Waals surface area contributed by atoms with Crippen molar-refractivity contribution in [3.05, 3.63) is 78.3 Å². The molecule has 4 aromatic rings. The minimum atomic E-state index is 0.728. The van der Waals surface area contributed by atoms with E-state index in [1.807, 2.05) is 18.2 Å². The summed E-state index contributed by atoms with van der Waals surface area (Å²) in [4.78, 5) is 9.15. The molecule has 3 nitrogen and oxygen atoms in total. The van der Waals surface area contributed by atoms with E-state index in [-0.39, 0.29) is 0 Å². The number of hydrogen-bond donors (Lipinski definition) is 0. The molecule has 0 aliphatic rings. The third-order valence-corrected chi connectivity index (χ3v) is 3.92. The van der Waals surface area contributed by atoms with Crippen molar-refractivity contribution in [2.24, 2.45) is 12.0 Å². The van der Waals surface area contributed by atoms with Crippen molar-refractivity contribution in [3.63, 3.8) is 0 Å². The Labute approximate surface area is 128 Å². The number of hydrogen-bond acceptors (Lipinski definition) is 2. The summed E-state index contributed by atoms with van der Waals surface area (Å²) in [6, 6.07) is 22.5. The first-order valence-electron chi connectivity index (χ1n) is 7.27. The zero-order chi connectivity index (χ0) is 14.9. The van der Waals surface area contributed by atoms with Crippen LogP contribution in [0.25, 0.3) is 21.8 Å². The fraction of sp³-hybridized carbons (Fsp3) is 0.0526. The monoisotopic (exact) mass is 285 g/mol. The van der Waals surface area contributed by atoms with Crippen molar-refractivity contribution in [2.75, 3.05) is 0 Å². The van der Waals surface area contributed by atoms with Crippen molar-refractivity contribution < 1.29 is 0 Å². The number of rotatable bonds is 1. The predicted octanol–water partition coefficient (Wildman–Crippen LogP) is 3.96. The van der Waals surface area contributed by atoms with E-state index in [2.05, 4.69) is 65.1 Å². The zero-order valence-corrected chi connectivity index (χ0v) is 12.3. The molecule has 0 bridgehead atoms. The van der Waals surface area contributed by atoms with E-state index in [1.165, 1.54) is 0 Å². The summed E-state index contributed by atoms with van der Waals surface area (Å²) in [5.41, 5.74) is 2.33. The standard InChI is InChI=1S/C19H15N3/c1-22-16-10-4-2-8-14(16)19(15-9-3-5-11-17(15)22)21-18-12-6-7-13-20-18/h2-13H,1H3. The fourth-order valence-electron chi connectivity index (χ4n) is 2.86. The summed E-state index contributed by atoms with van der Waals surface area (Å²) in [7, 11) is 2.09. The highest BCUT2D eigenvalue weighted by Crippen LogP contribution is 2.18. The van der Waals surface area contributed by atoms with Gasteiger partial charge in [-0.1, -0.05) is 42.5 Å². The third kappa shape index (κ3) is 1.99. The highest BCUT2D eigenvalue weighted by Gasteiger charge is 2.06. The van der Waals surface area contributed by atoms with Gasteiger partial charge in [-0.2, -0.15) is 0 Å². The first kappa shape index (κ1) is 12.8. The lowest BCUT2D eigenvalue weighted by molar-refractivity contribution is 1.00. The molecule has 3 heteroatoms. The molecule has 0 saturated heterocycles. The Hall–Kier alpha value is -2.94. The molecule has 0 atom stereocenters. The molecule has 106 valence electrons. The Kier molecular flexibility index (Phi) is 2.97. The minimum Gasteiger partial charge on any atom is -0.344 e. The van der Waals surface area contributed by atoms with Gasteiger partial charge < -0.3 is 4.57 Å². The van der Waals surface area contributed by atoms with Crippen molar-refractivity contribution in [1.82, 2.24) is 9.55 Å². The maximum absolute atomic E-state index is 4.81. The van der Waals surface area contributed by atoms with Crippen LogP contribution in [0, 0.1) is 0 Å². The molecule has 2 aromatic heterocycles. The fourth-order valence-corrected chi connectivity index (χ4v) is 2.86. The van der Waals surface area contributed by atoms with Crippen molar-refractivity contribution >= 4 is 27.6 Å². The van der Waals surface area contributed by atoms with Gasteiger partial charge in [0.1, 0.15) is 0 Å². The maximum atomic E-state index is 4.81. The Bertz CT molecular complexity index is 971. The van der Waals surface area contributed by atoms with Crippen LogP contribution in [0.3, 0.4) is 0 Å². The molecule has 2 aromatic carbocycles. The van der Waals surface area contributed by atoms with Gasteiger partial charge in [-0.25, -0.2) is 9.98 Å². The molecule has 0 radical (unpaired) electrons. The lowest BCUT2D eigenvalue weighted by Gasteiger charge is -2.11. The van der Waals surface area contributed by atoms with Gasteiger partial charge in [0.2, 0.25) is 0 Å². The molecular weight excluding hydrogens is 270 g/mol. The molecule has 0 aliphatic carbocycles. The van der Waals surface area contributed by atoms with Crippen LogP contribution in [-0.2, 0) is 7.05 Å². The number of para-hydroxylation sites is 2. The Morgan fingerprint density at radius 1 is 0.773 bits per heavy atom. The molecule has 0 spiro atoms. The van der Waals surface area contributed by atoms with E-state index in [0.717, 1.165) is 33.0 Å². The molecular formula is C19H15N3. The van der Waals surface area contributed by atoms with Crippen LogP contribution >= 0.6 is 0 Å². The van der Waals surface area contributed by atoms with E-state index >= 15 is 0 Å². The summed E-state index contributed by atoms with van der Waals surface area (Å²) >= 11 is 0. The Morgan fingerprint density at radius 3 is 1.95 bits per heavy atom. The van der Waals surface area contributed by atoms with E-state index in [9.17, 15) is 0 Å². The van der Waals surface area contributed by atoms with E-state index < -0.39 is 0 Å². The average Bonchev–Trinajstić information content (AvgIpc) is 2.59. The summed E-state index contributed by atoms with van der Waals surface area (Å²) in [5.74, 6) is 0.728. The highest BCUT2D eigenvalue weighted by molar-refractivity contribution is 5.93. The summed E-state index contributed by atoms with van der Waals surface area (Å²) in [6.07, 6.45) is 1.77. The van der Waals surface area contributed by atoms with Gasteiger partial charge in [-0.05, 0) is 24.3 Å². The SMILES string of the molecule is Cn1c2ccccc2c(=Nc2ccccn2)c2ccccc21. The molecule has 0 saturated carbocycles. The second-order valence-electron chi connectivity index (χ2n) is 5.24. The lowest BCUT2D eigenvalue weighted by Crippen LogP contribution is -2.10. The van der Waals surface area contributed by atoms with Crippen molar-refractivity contribution in [3.8, 4) is 0 Å². The second-order valence-corrected chi connectivity index (χ2v) is 5.24. The number of pyridine rings is 2. The Morgan fingerprint density at radius 2 is 1.36 bits per heavy atom. The summed E-state index contributed by atoms with van der Waals surface area (Å²) in [5, 5.41) is 3.24. The largest absolute Gasteiger partial charge is 0.344 e. The zero-order valence-electron chi connectivity index (χ0n) is 12.3. The van der Waals surface area contributed by atoms with Gasteiger partial charge in [-0.3, -0.25) is 0 Å². The smallest absolute Gasteiger partial charge is 0.152 e.